The van der Waals surface area contributed by atoms with Gasteiger partial charge >= 0.3 is 12.0 Å². The number of amides is 2. The monoisotopic (exact) mass is 315 g/mol. The number of Topliss-reactive ketones (excluding diaryl/α,β-unsaturated/α-hetero) is 2. The van der Waals surface area contributed by atoms with E-state index in [-0.39, 0.29) is 24.4 Å². The van der Waals surface area contributed by atoms with Crippen LogP contribution in [0.3, 0.4) is 0 Å². The standard InChI is InChI=1S/C14H25N3O5/c1-9(18)6-7-12(13(20)21)17-14(22)16-11(10(2)19)5-3-4-8-15/h11-12H,3-8,15H2,1-2H3,(H,20,21)(H2,16,17,22). The summed E-state index contributed by atoms with van der Waals surface area (Å²) in [6.45, 7) is 3.21. The minimum Gasteiger partial charge on any atom is -0.480 e. The van der Waals surface area contributed by atoms with Crippen LogP contribution < -0.4 is 16.4 Å². The van der Waals surface area contributed by atoms with E-state index in [1.165, 1.54) is 13.8 Å². The quantitative estimate of drug-likeness (QED) is 0.402. The Morgan fingerprint density at radius 2 is 1.59 bits per heavy atom. The number of carboxylic acids is 1. The highest BCUT2D eigenvalue weighted by Crippen LogP contribution is 2.03. The van der Waals surface area contributed by atoms with Crippen molar-refractivity contribution in [2.24, 2.45) is 5.73 Å². The second kappa shape index (κ2) is 10.7. The highest BCUT2D eigenvalue weighted by molar-refractivity contribution is 5.88. The van der Waals surface area contributed by atoms with Crippen LogP contribution in [0.15, 0.2) is 0 Å². The molecule has 0 aliphatic heterocycles. The molecule has 0 radical (unpaired) electrons. The predicted octanol–water partition coefficient (Wildman–Crippen LogP) is 0.195. The lowest BCUT2D eigenvalue weighted by Gasteiger charge is -2.19. The van der Waals surface area contributed by atoms with Crippen molar-refractivity contribution in [2.75, 3.05) is 6.54 Å². The Morgan fingerprint density at radius 1 is 1.00 bits per heavy atom. The number of urea groups is 1. The normalized spacial score (nSPS) is 13.0. The molecule has 0 bridgehead atoms. The fraction of sp³-hybridized carbons (Fsp3) is 0.714. The third-order valence-corrected chi connectivity index (χ3v) is 3.13. The van der Waals surface area contributed by atoms with Crippen LogP contribution in [0.5, 0.6) is 0 Å². The maximum absolute atomic E-state index is 11.8. The fourth-order valence-electron chi connectivity index (χ4n) is 1.83. The summed E-state index contributed by atoms with van der Waals surface area (Å²) in [4.78, 5) is 45.2. The highest BCUT2D eigenvalue weighted by Gasteiger charge is 2.23. The number of carboxylic acid groups (broad SMARTS) is 1. The largest absolute Gasteiger partial charge is 0.480 e. The lowest BCUT2D eigenvalue weighted by Crippen LogP contribution is -2.50. The number of hydrogen-bond acceptors (Lipinski definition) is 5. The van der Waals surface area contributed by atoms with Gasteiger partial charge in [0.1, 0.15) is 11.8 Å². The maximum atomic E-state index is 11.8. The lowest BCUT2D eigenvalue weighted by atomic mass is 10.1. The Kier molecular flexibility index (Phi) is 9.77. The minimum absolute atomic E-state index is 0.00992. The van der Waals surface area contributed by atoms with Crippen molar-refractivity contribution in [3.63, 3.8) is 0 Å². The molecule has 2 amide bonds. The highest BCUT2D eigenvalue weighted by atomic mass is 16.4. The van der Waals surface area contributed by atoms with E-state index in [0.717, 1.165) is 6.42 Å². The van der Waals surface area contributed by atoms with Crippen molar-refractivity contribution in [3.05, 3.63) is 0 Å². The number of nitrogens with one attached hydrogen (secondary N) is 2. The number of nitrogens with two attached hydrogens (primary N) is 1. The summed E-state index contributed by atoms with van der Waals surface area (Å²) in [5.74, 6) is -1.58. The topological polar surface area (TPSA) is 139 Å². The van der Waals surface area contributed by atoms with Crippen molar-refractivity contribution >= 4 is 23.6 Å². The minimum atomic E-state index is -1.22. The number of hydrogen-bond donors (Lipinski definition) is 4. The summed E-state index contributed by atoms with van der Waals surface area (Å²) in [6.07, 6.45) is 1.95. The first-order valence-electron chi connectivity index (χ1n) is 7.27. The van der Waals surface area contributed by atoms with Crippen molar-refractivity contribution in [1.82, 2.24) is 10.6 Å². The van der Waals surface area contributed by atoms with E-state index >= 15 is 0 Å². The summed E-state index contributed by atoms with van der Waals surface area (Å²) in [5.41, 5.74) is 5.37. The molecule has 0 aromatic rings. The second-order valence-corrected chi connectivity index (χ2v) is 5.20. The molecule has 0 saturated carbocycles. The smallest absolute Gasteiger partial charge is 0.326 e. The van der Waals surface area contributed by atoms with E-state index in [2.05, 4.69) is 10.6 Å². The van der Waals surface area contributed by atoms with E-state index in [9.17, 15) is 19.2 Å². The van der Waals surface area contributed by atoms with Gasteiger partial charge in [-0.15, -0.1) is 0 Å². The summed E-state index contributed by atoms with van der Waals surface area (Å²) in [7, 11) is 0. The van der Waals surface area contributed by atoms with Gasteiger partial charge in [0.2, 0.25) is 0 Å². The van der Waals surface area contributed by atoms with Crippen LogP contribution in [0.1, 0.15) is 46.0 Å². The van der Waals surface area contributed by atoms with Gasteiger partial charge < -0.3 is 26.3 Å². The van der Waals surface area contributed by atoms with Gasteiger partial charge in [0, 0.05) is 6.42 Å². The van der Waals surface area contributed by atoms with Gasteiger partial charge in [-0.05, 0) is 46.1 Å². The van der Waals surface area contributed by atoms with Crippen LogP contribution in [0.2, 0.25) is 0 Å². The molecule has 0 spiro atoms. The van der Waals surface area contributed by atoms with E-state index in [0.29, 0.717) is 19.4 Å². The molecular formula is C14H25N3O5. The molecule has 22 heavy (non-hydrogen) atoms. The maximum Gasteiger partial charge on any atom is 0.326 e. The Bertz CT molecular complexity index is 411. The van der Waals surface area contributed by atoms with Crippen molar-refractivity contribution < 1.29 is 24.3 Å². The zero-order valence-electron chi connectivity index (χ0n) is 13.1. The number of carbonyl (C=O) groups excluding carboxylic acids is 3. The van der Waals surface area contributed by atoms with E-state index in [1.54, 1.807) is 0 Å². The van der Waals surface area contributed by atoms with Crippen molar-refractivity contribution in [2.45, 2.75) is 58.0 Å². The molecular weight excluding hydrogens is 290 g/mol. The SMILES string of the molecule is CC(=O)CCC(NC(=O)NC(CCCCN)C(C)=O)C(=O)O. The Morgan fingerprint density at radius 3 is 2.05 bits per heavy atom. The fourth-order valence-corrected chi connectivity index (χ4v) is 1.83. The number of ketones is 2. The lowest BCUT2D eigenvalue weighted by molar-refractivity contribution is -0.139. The molecule has 0 rings (SSSR count). The van der Waals surface area contributed by atoms with Gasteiger partial charge in [0.05, 0.1) is 6.04 Å². The third kappa shape index (κ3) is 9.06. The molecule has 0 aromatic heterocycles. The summed E-state index contributed by atoms with van der Waals surface area (Å²) in [5, 5.41) is 13.7. The van der Waals surface area contributed by atoms with Crippen LogP contribution >= 0.6 is 0 Å². The van der Waals surface area contributed by atoms with Crippen LogP contribution in [-0.4, -0.2) is 47.3 Å². The molecule has 2 atom stereocenters. The van der Waals surface area contributed by atoms with Gasteiger partial charge in [-0.2, -0.15) is 0 Å². The van der Waals surface area contributed by atoms with Crippen LogP contribution in [-0.2, 0) is 14.4 Å². The van der Waals surface area contributed by atoms with Crippen LogP contribution in [0, 0.1) is 0 Å². The van der Waals surface area contributed by atoms with Gasteiger partial charge in [-0.1, -0.05) is 0 Å². The van der Waals surface area contributed by atoms with E-state index in [4.69, 9.17) is 10.8 Å². The second-order valence-electron chi connectivity index (χ2n) is 5.20. The third-order valence-electron chi connectivity index (χ3n) is 3.13. The molecule has 0 aromatic carbocycles. The first-order valence-corrected chi connectivity index (χ1v) is 7.27. The number of carbonyl (C=O) groups is 4. The van der Waals surface area contributed by atoms with Crippen molar-refractivity contribution in [1.29, 1.82) is 0 Å². The molecule has 0 saturated heterocycles. The predicted molar refractivity (Wildman–Crippen MR) is 80.4 cm³/mol. The molecule has 8 nitrogen and oxygen atoms in total. The van der Waals surface area contributed by atoms with E-state index in [1.807, 2.05) is 0 Å². The Balaban J connectivity index is 4.47. The Labute approximate surface area is 129 Å². The zero-order valence-corrected chi connectivity index (χ0v) is 13.1. The molecule has 8 heteroatoms. The Hall–Kier alpha value is -1.96. The van der Waals surface area contributed by atoms with Crippen LogP contribution in [0.25, 0.3) is 0 Å². The number of rotatable bonds is 11. The molecule has 0 heterocycles. The van der Waals surface area contributed by atoms with Gasteiger partial charge in [-0.3, -0.25) is 4.79 Å². The number of unbranched alkanes of at least 4 members (excludes halogenated alkanes) is 1. The van der Waals surface area contributed by atoms with Gasteiger partial charge in [0.25, 0.3) is 0 Å². The molecule has 0 aliphatic carbocycles. The summed E-state index contributed by atoms with van der Waals surface area (Å²) >= 11 is 0. The van der Waals surface area contributed by atoms with Gasteiger partial charge in [-0.25, -0.2) is 9.59 Å². The van der Waals surface area contributed by atoms with Crippen LogP contribution in [0.4, 0.5) is 4.79 Å². The van der Waals surface area contributed by atoms with Crippen molar-refractivity contribution in [3.8, 4) is 0 Å². The zero-order chi connectivity index (χ0) is 17.1. The average Bonchev–Trinajstić information content (AvgIpc) is 2.41. The summed E-state index contributed by atoms with van der Waals surface area (Å²) in [6, 6.07) is -2.57. The first kappa shape index (κ1) is 20.0. The first-order chi connectivity index (χ1) is 10.3. The summed E-state index contributed by atoms with van der Waals surface area (Å²) < 4.78 is 0. The molecule has 0 fully saturated rings. The number of aliphatic carboxylic acids is 1. The van der Waals surface area contributed by atoms with E-state index < -0.39 is 24.1 Å². The molecule has 2 unspecified atom stereocenters. The molecule has 126 valence electrons. The molecule has 5 N–H and O–H groups in total. The molecule has 0 aliphatic rings. The van der Waals surface area contributed by atoms with Gasteiger partial charge in [0.15, 0.2) is 5.78 Å². The average molecular weight is 315 g/mol.